The van der Waals surface area contributed by atoms with Gasteiger partial charge in [0.2, 0.25) is 0 Å². The number of carbonyl (C=O) groups is 1. The van der Waals surface area contributed by atoms with E-state index in [0.717, 1.165) is 23.9 Å². The van der Waals surface area contributed by atoms with Crippen molar-refractivity contribution in [3.8, 4) is 5.75 Å². The molecular weight excluding hydrogens is 322 g/mol. The molecule has 0 spiro atoms. The van der Waals surface area contributed by atoms with Gasteiger partial charge in [0, 0.05) is 19.7 Å². The molecule has 4 nitrogen and oxygen atoms in total. The Balaban J connectivity index is 1.96. The normalized spacial score (nSPS) is 20.6. The first-order chi connectivity index (χ1) is 9.61. The first kappa shape index (κ1) is 15.3. The Morgan fingerprint density at radius 3 is 3.00 bits per heavy atom. The lowest BCUT2D eigenvalue weighted by Crippen LogP contribution is -2.46. The van der Waals surface area contributed by atoms with Crippen LogP contribution in [-0.2, 0) is 4.79 Å². The number of nitrogens with zero attached hydrogens (tertiary/aromatic N) is 1. The van der Waals surface area contributed by atoms with Crippen molar-refractivity contribution in [3.05, 3.63) is 28.7 Å². The lowest BCUT2D eigenvalue weighted by molar-refractivity contribution is -0.140. The van der Waals surface area contributed by atoms with Gasteiger partial charge in [0.1, 0.15) is 5.75 Å². The predicted molar refractivity (Wildman–Crippen MR) is 80.6 cm³/mol. The average molecular weight is 342 g/mol. The number of hydrogen-bond acceptors (Lipinski definition) is 3. The number of hydrogen-bond donors (Lipinski definition) is 1. The molecule has 0 aliphatic carbocycles. The molecule has 0 radical (unpaired) electrons. The van der Waals surface area contributed by atoms with E-state index in [2.05, 4.69) is 15.9 Å². The van der Waals surface area contributed by atoms with Crippen LogP contribution in [0.25, 0.3) is 0 Å². The van der Waals surface area contributed by atoms with Gasteiger partial charge in [-0.3, -0.25) is 4.79 Å². The monoisotopic (exact) mass is 341 g/mol. The SMILES string of the molecule is CC(Oc1ccccc1Br)C(=O)N1CCCC(CO)C1. The summed E-state index contributed by atoms with van der Waals surface area (Å²) in [4.78, 5) is 14.2. The van der Waals surface area contributed by atoms with Gasteiger partial charge in [0.05, 0.1) is 4.47 Å². The Kier molecular flexibility index (Phi) is 5.43. The lowest BCUT2D eigenvalue weighted by atomic mass is 9.99. The Hall–Kier alpha value is -1.07. The molecule has 1 aliphatic rings. The number of likely N-dealkylation sites (tertiary alicyclic amines) is 1. The molecule has 1 amide bonds. The Bertz CT molecular complexity index is 466. The maximum absolute atomic E-state index is 12.4. The third-order valence-electron chi connectivity index (χ3n) is 3.58. The second kappa shape index (κ2) is 7.09. The second-order valence-electron chi connectivity index (χ2n) is 5.17. The number of para-hydroxylation sites is 1. The van der Waals surface area contributed by atoms with E-state index in [1.165, 1.54) is 0 Å². The first-order valence-electron chi connectivity index (χ1n) is 6.92. The van der Waals surface area contributed by atoms with Crippen molar-refractivity contribution in [1.29, 1.82) is 0 Å². The number of amides is 1. The third-order valence-corrected chi connectivity index (χ3v) is 4.23. The molecule has 1 fully saturated rings. The van der Waals surface area contributed by atoms with Crippen LogP contribution in [0.3, 0.4) is 0 Å². The fourth-order valence-corrected chi connectivity index (χ4v) is 2.83. The van der Waals surface area contributed by atoms with Gasteiger partial charge in [-0.15, -0.1) is 0 Å². The van der Waals surface area contributed by atoms with Gasteiger partial charge in [0.15, 0.2) is 6.10 Å². The van der Waals surface area contributed by atoms with Crippen LogP contribution >= 0.6 is 15.9 Å². The Labute approximate surface area is 127 Å². The quantitative estimate of drug-likeness (QED) is 0.914. The first-order valence-corrected chi connectivity index (χ1v) is 7.72. The summed E-state index contributed by atoms with van der Waals surface area (Å²) in [5, 5.41) is 9.23. The molecule has 0 aromatic heterocycles. The van der Waals surface area contributed by atoms with Crippen molar-refractivity contribution >= 4 is 21.8 Å². The summed E-state index contributed by atoms with van der Waals surface area (Å²) < 4.78 is 6.57. The second-order valence-corrected chi connectivity index (χ2v) is 6.02. The van der Waals surface area contributed by atoms with Crippen LogP contribution in [0.1, 0.15) is 19.8 Å². The molecule has 0 bridgehead atoms. The van der Waals surface area contributed by atoms with Crippen LogP contribution < -0.4 is 4.74 Å². The van der Waals surface area contributed by atoms with Gasteiger partial charge in [-0.25, -0.2) is 0 Å². The molecule has 1 aromatic carbocycles. The van der Waals surface area contributed by atoms with Crippen molar-refractivity contribution in [1.82, 2.24) is 4.90 Å². The van der Waals surface area contributed by atoms with Gasteiger partial charge in [-0.1, -0.05) is 12.1 Å². The topological polar surface area (TPSA) is 49.8 Å². The van der Waals surface area contributed by atoms with Crippen molar-refractivity contribution in [3.63, 3.8) is 0 Å². The largest absolute Gasteiger partial charge is 0.480 e. The number of aliphatic hydroxyl groups excluding tert-OH is 1. The highest BCUT2D eigenvalue weighted by atomic mass is 79.9. The summed E-state index contributed by atoms with van der Waals surface area (Å²) in [5.74, 6) is 0.853. The lowest BCUT2D eigenvalue weighted by Gasteiger charge is -2.33. The zero-order chi connectivity index (χ0) is 14.5. The summed E-state index contributed by atoms with van der Waals surface area (Å²) in [7, 11) is 0. The number of ether oxygens (including phenoxy) is 1. The van der Waals surface area contributed by atoms with Crippen molar-refractivity contribution in [2.24, 2.45) is 5.92 Å². The molecule has 2 unspecified atom stereocenters. The van der Waals surface area contributed by atoms with E-state index in [9.17, 15) is 9.90 Å². The minimum Gasteiger partial charge on any atom is -0.480 e. The molecule has 2 atom stereocenters. The predicted octanol–water partition coefficient (Wildman–Crippen LogP) is 2.45. The number of halogens is 1. The molecular formula is C15H20BrNO3. The van der Waals surface area contributed by atoms with E-state index in [0.29, 0.717) is 12.3 Å². The van der Waals surface area contributed by atoms with E-state index >= 15 is 0 Å². The van der Waals surface area contributed by atoms with Gasteiger partial charge in [-0.2, -0.15) is 0 Å². The number of benzene rings is 1. The van der Waals surface area contributed by atoms with E-state index in [1.54, 1.807) is 11.8 Å². The fraction of sp³-hybridized carbons (Fsp3) is 0.533. The molecule has 0 saturated carbocycles. The minimum atomic E-state index is -0.522. The van der Waals surface area contributed by atoms with E-state index in [1.807, 2.05) is 24.3 Å². The van der Waals surface area contributed by atoms with Crippen LogP contribution in [0.4, 0.5) is 0 Å². The molecule has 110 valence electrons. The van der Waals surface area contributed by atoms with E-state index < -0.39 is 6.10 Å². The molecule has 1 aromatic rings. The highest BCUT2D eigenvalue weighted by Crippen LogP contribution is 2.25. The van der Waals surface area contributed by atoms with Crippen LogP contribution in [0.5, 0.6) is 5.75 Å². The van der Waals surface area contributed by atoms with Crippen LogP contribution in [0, 0.1) is 5.92 Å². The van der Waals surface area contributed by atoms with Gasteiger partial charge in [0.25, 0.3) is 5.91 Å². The zero-order valence-corrected chi connectivity index (χ0v) is 13.2. The number of carbonyl (C=O) groups excluding carboxylic acids is 1. The molecule has 5 heteroatoms. The standard InChI is InChI=1S/C15H20BrNO3/c1-11(20-14-7-3-2-6-13(14)16)15(19)17-8-4-5-12(9-17)10-18/h2-3,6-7,11-12,18H,4-5,8-10H2,1H3. The van der Waals surface area contributed by atoms with Crippen molar-refractivity contribution in [2.75, 3.05) is 19.7 Å². The molecule has 20 heavy (non-hydrogen) atoms. The summed E-state index contributed by atoms with van der Waals surface area (Å²) in [6, 6.07) is 7.50. The maximum Gasteiger partial charge on any atom is 0.263 e. The highest BCUT2D eigenvalue weighted by Gasteiger charge is 2.27. The number of piperidine rings is 1. The number of rotatable bonds is 4. The van der Waals surface area contributed by atoms with Crippen LogP contribution in [0.15, 0.2) is 28.7 Å². The fourth-order valence-electron chi connectivity index (χ4n) is 2.45. The van der Waals surface area contributed by atoms with Gasteiger partial charge < -0.3 is 14.7 Å². The number of aliphatic hydroxyl groups is 1. The van der Waals surface area contributed by atoms with E-state index in [-0.39, 0.29) is 18.4 Å². The summed E-state index contributed by atoms with van der Waals surface area (Å²) in [5.41, 5.74) is 0. The average Bonchev–Trinajstić information content (AvgIpc) is 2.48. The molecule has 1 aliphatic heterocycles. The maximum atomic E-state index is 12.4. The van der Waals surface area contributed by atoms with Crippen molar-refractivity contribution < 1.29 is 14.6 Å². The van der Waals surface area contributed by atoms with Crippen molar-refractivity contribution in [2.45, 2.75) is 25.9 Å². The summed E-state index contributed by atoms with van der Waals surface area (Å²) in [6.45, 7) is 3.28. The van der Waals surface area contributed by atoms with Crippen LogP contribution in [0.2, 0.25) is 0 Å². The minimum absolute atomic E-state index is 0.0149. The zero-order valence-electron chi connectivity index (χ0n) is 11.6. The smallest absolute Gasteiger partial charge is 0.263 e. The van der Waals surface area contributed by atoms with Crippen LogP contribution in [-0.4, -0.2) is 41.7 Å². The van der Waals surface area contributed by atoms with Gasteiger partial charge >= 0.3 is 0 Å². The third kappa shape index (κ3) is 3.73. The summed E-state index contributed by atoms with van der Waals surface area (Å²) in [6.07, 6.45) is 1.41. The van der Waals surface area contributed by atoms with Gasteiger partial charge in [-0.05, 0) is 53.7 Å². The molecule has 1 N–H and O–H groups in total. The summed E-state index contributed by atoms with van der Waals surface area (Å²) >= 11 is 3.41. The van der Waals surface area contributed by atoms with E-state index in [4.69, 9.17) is 4.74 Å². The Morgan fingerprint density at radius 1 is 1.55 bits per heavy atom. The molecule has 2 rings (SSSR count). The highest BCUT2D eigenvalue weighted by molar-refractivity contribution is 9.10. The molecule has 1 heterocycles. The molecule has 1 saturated heterocycles. The Morgan fingerprint density at radius 2 is 2.30 bits per heavy atom.